The maximum atomic E-state index is 6.46. The third-order valence-corrected chi connectivity index (χ3v) is 3.69. The molecule has 0 atom stereocenters. The van der Waals surface area contributed by atoms with E-state index in [2.05, 4.69) is 11.2 Å². The van der Waals surface area contributed by atoms with E-state index in [0.717, 1.165) is 32.6 Å². The maximum Gasteiger partial charge on any atom is 0.135 e. The minimum Gasteiger partial charge on any atom is -0.464 e. The maximum absolute atomic E-state index is 6.46. The van der Waals surface area contributed by atoms with Crippen molar-refractivity contribution in [3.8, 4) is 11.1 Å². The number of pyridine rings is 1. The lowest BCUT2D eigenvalue weighted by Gasteiger charge is -2.06. The van der Waals surface area contributed by atoms with Gasteiger partial charge in [0.25, 0.3) is 0 Å². The molecule has 0 spiro atoms. The normalized spacial score (nSPS) is 11.4. The zero-order chi connectivity index (χ0) is 12.8. The summed E-state index contributed by atoms with van der Waals surface area (Å²) in [5, 5.41) is 5.84. The third kappa shape index (κ3) is 1.55. The highest BCUT2D eigenvalue weighted by Gasteiger charge is 2.10. The van der Waals surface area contributed by atoms with Gasteiger partial charge < -0.3 is 4.42 Å². The lowest BCUT2D eigenvalue weighted by molar-refractivity contribution is 0.616. The lowest BCUT2D eigenvalue weighted by atomic mass is 10.0. The molecule has 0 N–H and O–H groups in total. The molecule has 0 aliphatic rings. The van der Waals surface area contributed by atoms with Crippen LogP contribution in [0.2, 0.25) is 5.02 Å². The molecular formula is C15H9ClN2O. The van der Waals surface area contributed by atoms with Crippen molar-refractivity contribution >= 4 is 28.1 Å². The molecule has 0 aliphatic heterocycles. The van der Waals surface area contributed by atoms with Crippen molar-refractivity contribution in [3.05, 3.63) is 60.1 Å². The van der Waals surface area contributed by atoms with Gasteiger partial charge in [0.2, 0.25) is 0 Å². The van der Waals surface area contributed by atoms with E-state index in [9.17, 15) is 0 Å². The number of benzene rings is 1. The Morgan fingerprint density at radius 1 is 1.11 bits per heavy atom. The van der Waals surface area contributed by atoms with Crippen molar-refractivity contribution in [3.63, 3.8) is 0 Å². The first-order chi connectivity index (χ1) is 9.33. The van der Waals surface area contributed by atoms with Crippen LogP contribution in [0.5, 0.6) is 0 Å². The lowest BCUT2D eigenvalue weighted by Crippen LogP contribution is -1.87. The first-order valence-electron chi connectivity index (χ1n) is 5.92. The highest BCUT2D eigenvalue weighted by molar-refractivity contribution is 6.38. The second-order valence-corrected chi connectivity index (χ2v) is 4.75. The summed E-state index contributed by atoms with van der Waals surface area (Å²) in [5.74, 6) is 0. The monoisotopic (exact) mass is 268 g/mol. The van der Waals surface area contributed by atoms with Crippen LogP contribution in [0.15, 0.2) is 59.5 Å². The van der Waals surface area contributed by atoms with Crippen molar-refractivity contribution < 1.29 is 4.42 Å². The minimum absolute atomic E-state index is 0.718. The van der Waals surface area contributed by atoms with E-state index in [4.69, 9.17) is 16.0 Å². The first kappa shape index (κ1) is 10.6. The zero-order valence-corrected chi connectivity index (χ0v) is 10.6. The van der Waals surface area contributed by atoms with Gasteiger partial charge in [0.05, 0.1) is 16.8 Å². The van der Waals surface area contributed by atoms with E-state index in [1.165, 1.54) is 0 Å². The van der Waals surface area contributed by atoms with Gasteiger partial charge in [-0.25, -0.2) is 4.52 Å². The topological polar surface area (TPSA) is 30.4 Å². The Hall–Kier alpha value is -2.26. The summed E-state index contributed by atoms with van der Waals surface area (Å²) in [4.78, 5) is 0. The number of rotatable bonds is 1. The van der Waals surface area contributed by atoms with Crippen LogP contribution in [0.4, 0.5) is 0 Å². The molecule has 0 amide bonds. The largest absolute Gasteiger partial charge is 0.464 e. The Labute approximate surface area is 114 Å². The third-order valence-electron chi connectivity index (χ3n) is 3.28. The van der Waals surface area contributed by atoms with Crippen molar-refractivity contribution in [2.24, 2.45) is 0 Å². The second-order valence-electron chi connectivity index (χ2n) is 4.38. The van der Waals surface area contributed by atoms with Crippen LogP contribution in [0.1, 0.15) is 0 Å². The average Bonchev–Trinajstić information content (AvgIpc) is 3.07. The number of nitrogens with zero attached hydrogens (tertiary/aromatic N) is 2. The molecule has 0 saturated heterocycles. The summed E-state index contributed by atoms with van der Waals surface area (Å²) in [6.07, 6.45) is 5.36. The number of furan rings is 1. The highest BCUT2D eigenvalue weighted by Crippen LogP contribution is 2.35. The molecule has 4 heteroatoms. The number of fused-ring (bicyclic) bond motifs is 2. The van der Waals surface area contributed by atoms with E-state index in [-0.39, 0.29) is 0 Å². The van der Waals surface area contributed by atoms with Crippen LogP contribution in [-0.4, -0.2) is 9.61 Å². The summed E-state index contributed by atoms with van der Waals surface area (Å²) >= 11 is 6.46. The van der Waals surface area contributed by atoms with Gasteiger partial charge in [0.1, 0.15) is 5.58 Å². The van der Waals surface area contributed by atoms with E-state index in [0.29, 0.717) is 0 Å². The van der Waals surface area contributed by atoms with Crippen LogP contribution >= 0.6 is 11.6 Å². The molecule has 3 aromatic heterocycles. The van der Waals surface area contributed by atoms with Crippen molar-refractivity contribution in [2.45, 2.75) is 0 Å². The number of halogens is 1. The van der Waals surface area contributed by atoms with E-state index in [1.807, 2.05) is 41.0 Å². The Morgan fingerprint density at radius 2 is 2.05 bits per heavy atom. The summed E-state index contributed by atoms with van der Waals surface area (Å²) in [6.45, 7) is 0. The summed E-state index contributed by atoms with van der Waals surface area (Å²) in [7, 11) is 0. The molecule has 3 nitrogen and oxygen atoms in total. The van der Waals surface area contributed by atoms with Crippen molar-refractivity contribution in [1.82, 2.24) is 9.61 Å². The Kier molecular flexibility index (Phi) is 2.17. The van der Waals surface area contributed by atoms with Crippen LogP contribution in [0.25, 0.3) is 27.6 Å². The molecule has 0 bridgehead atoms. The van der Waals surface area contributed by atoms with Crippen LogP contribution in [0.3, 0.4) is 0 Å². The molecule has 0 unspecified atom stereocenters. The Bertz CT molecular complexity index is 891. The summed E-state index contributed by atoms with van der Waals surface area (Å²) < 4.78 is 7.18. The summed E-state index contributed by atoms with van der Waals surface area (Å²) in [5.41, 5.74) is 3.92. The number of hydrogen-bond acceptors (Lipinski definition) is 2. The molecule has 4 rings (SSSR count). The SMILES string of the molecule is Clc1c(-c2ccn3nccc3c2)ccc2occc12. The Balaban J connectivity index is 1.99. The van der Waals surface area contributed by atoms with Gasteiger partial charge in [-0.15, -0.1) is 0 Å². The zero-order valence-electron chi connectivity index (χ0n) is 9.88. The van der Waals surface area contributed by atoms with Crippen molar-refractivity contribution in [2.75, 3.05) is 0 Å². The van der Waals surface area contributed by atoms with Crippen LogP contribution in [-0.2, 0) is 0 Å². The molecule has 92 valence electrons. The fraction of sp³-hybridized carbons (Fsp3) is 0. The molecular weight excluding hydrogens is 260 g/mol. The van der Waals surface area contributed by atoms with Gasteiger partial charge in [-0.1, -0.05) is 11.6 Å². The van der Waals surface area contributed by atoms with Gasteiger partial charge in [-0.2, -0.15) is 5.10 Å². The first-order valence-corrected chi connectivity index (χ1v) is 6.30. The molecule has 1 aromatic carbocycles. The molecule has 0 aliphatic carbocycles. The van der Waals surface area contributed by atoms with Gasteiger partial charge in [-0.05, 0) is 42.0 Å². The molecule has 19 heavy (non-hydrogen) atoms. The van der Waals surface area contributed by atoms with Gasteiger partial charge in [0.15, 0.2) is 0 Å². The van der Waals surface area contributed by atoms with Crippen LogP contribution < -0.4 is 0 Å². The molecule has 0 radical (unpaired) electrons. The molecule has 4 aromatic rings. The van der Waals surface area contributed by atoms with Crippen LogP contribution in [0, 0.1) is 0 Å². The molecule has 3 heterocycles. The van der Waals surface area contributed by atoms with E-state index >= 15 is 0 Å². The fourth-order valence-corrected chi connectivity index (χ4v) is 2.65. The predicted molar refractivity (Wildman–Crippen MR) is 75.4 cm³/mol. The van der Waals surface area contributed by atoms with Gasteiger partial charge in [-0.3, -0.25) is 0 Å². The molecule has 0 fully saturated rings. The average molecular weight is 269 g/mol. The van der Waals surface area contributed by atoms with E-state index < -0.39 is 0 Å². The molecule has 0 saturated carbocycles. The van der Waals surface area contributed by atoms with Gasteiger partial charge in [0, 0.05) is 23.3 Å². The summed E-state index contributed by atoms with van der Waals surface area (Å²) in [6, 6.07) is 11.9. The number of hydrogen-bond donors (Lipinski definition) is 0. The fourth-order valence-electron chi connectivity index (χ4n) is 2.32. The second kappa shape index (κ2) is 3.87. The predicted octanol–water partition coefficient (Wildman–Crippen LogP) is 4.40. The smallest absolute Gasteiger partial charge is 0.135 e. The van der Waals surface area contributed by atoms with E-state index in [1.54, 1.807) is 12.5 Å². The quantitative estimate of drug-likeness (QED) is 0.512. The Morgan fingerprint density at radius 3 is 3.00 bits per heavy atom. The minimum atomic E-state index is 0.718. The number of aromatic nitrogens is 2. The highest BCUT2D eigenvalue weighted by atomic mass is 35.5. The standard InChI is InChI=1S/C15H9ClN2O/c16-15-12(1-2-14-13(15)5-8-19-14)10-4-7-18-11(9-10)3-6-17-18/h1-9H. The van der Waals surface area contributed by atoms with Crippen molar-refractivity contribution in [1.29, 1.82) is 0 Å². The van der Waals surface area contributed by atoms with Gasteiger partial charge >= 0.3 is 0 Å².